The van der Waals surface area contributed by atoms with Gasteiger partial charge in [-0.1, -0.05) is 0 Å². The van der Waals surface area contributed by atoms with Crippen molar-refractivity contribution in [1.82, 2.24) is 9.88 Å². The van der Waals surface area contributed by atoms with Crippen molar-refractivity contribution in [2.75, 3.05) is 6.54 Å². The normalized spacial score (nSPS) is 23.1. The summed E-state index contributed by atoms with van der Waals surface area (Å²) in [6.07, 6.45) is 0.720. The van der Waals surface area contributed by atoms with Gasteiger partial charge in [0.15, 0.2) is 0 Å². The average molecular weight is 315 g/mol. The Balaban J connectivity index is 2.22. The lowest BCUT2D eigenvalue weighted by Gasteiger charge is -2.20. The first kappa shape index (κ1) is 13.0. The summed E-state index contributed by atoms with van der Waals surface area (Å²) in [5, 5.41) is 18.5. The number of halogens is 1. The van der Waals surface area contributed by atoms with Gasteiger partial charge in [-0.05, 0) is 28.1 Å². The molecule has 2 atom stereocenters. The van der Waals surface area contributed by atoms with E-state index in [2.05, 4.69) is 20.9 Å². The molecule has 0 saturated carbocycles. The fourth-order valence-corrected chi connectivity index (χ4v) is 2.16. The van der Waals surface area contributed by atoms with Crippen molar-refractivity contribution < 1.29 is 19.8 Å². The van der Waals surface area contributed by atoms with Crippen LogP contribution in [0.15, 0.2) is 22.8 Å². The molecule has 1 aliphatic heterocycles. The monoisotopic (exact) mass is 314 g/mol. The van der Waals surface area contributed by atoms with E-state index in [-0.39, 0.29) is 18.7 Å². The summed E-state index contributed by atoms with van der Waals surface area (Å²) in [4.78, 5) is 28.2. The highest BCUT2D eigenvalue weighted by Gasteiger charge is 2.39. The number of aromatic nitrogens is 1. The van der Waals surface area contributed by atoms with Crippen molar-refractivity contribution in [1.29, 1.82) is 0 Å². The Morgan fingerprint density at radius 2 is 2.17 bits per heavy atom. The maximum Gasteiger partial charge on any atom is 0.326 e. The molecule has 1 aromatic heterocycles. The smallest absolute Gasteiger partial charge is 0.326 e. The Bertz CT molecular complexity index is 476. The van der Waals surface area contributed by atoms with Gasteiger partial charge in [0, 0.05) is 23.6 Å². The van der Waals surface area contributed by atoms with Crippen LogP contribution in [-0.4, -0.2) is 50.7 Å². The number of carboxylic acid groups (broad SMARTS) is 1. The zero-order valence-electron chi connectivity index (χ0n) is 9.28. The highest BCUT2D eigenvalue weighted by molar-refractivity contribution is 9.10. The molecule has 1 amide bonds. The molecule has 1 fully saturated rings. The third-order valence-electron chi connectivity index (χ3n) is 2.77. The van der Waals surface area contributed by atoms with Gasteiger partial charge in [-0.2, -0.15) is 0 Å². The number of rotatable bonds is 2. The maximum atomic E-state index is 12.1. The van der Waals surface area contributed by atoms with Crippen molar-refractivity contribution in [2.45, 2.75) is 18.6 Å². The first-order chi connectivity index (χ1) is 8.49. The second-order valence-electron chi connectivity index (χ2n) is 4.06. The van der Waals surface area contributed by atoms with Crippen molar-refractivity contribution in [2.24, 2.45) is 0 Å². The molecule has 1 unspecified atom stereocenters. The van der Waals surface area contributed by atoms with Crippen LogP contribution in [0.4, 0.5) is 0 Å². The Hall–Kier alpha value is -1.47. The van der Waals surface area contributed by atoms with Crippen molar-refractivity contribution >= 4 is 27.8 Å². The lowest BCUT2D eigenvalue weighted by molar-refractivity contribution is -0.141. The molecule has 0 aliphatic carbocycles. The Kier molecular flexibility index (Phi) is 3.63. The highest BCUT2D eigenvalue weighted by atomic mass is 79.9. The van der Waals surface area contributed by atoms with Gasteiger partial charge in [0.25, 0.3) is 5.91 Å². The molecular weight excluding hydrogens is 304 g/mol. The number of hydrogen-bond acceptors (Lipinski definition) is 4. The largest absolute Gasteiger partial charge is 0.480 e. The van der Waals surface area contributed by atoms with E-state index < -0.39 is 24.0 Å². The minimum absolute atomic E-state index is 0.0214. The van der Waals surface area contributed by atoms with E-state index in [9.17, 15) is 14.7 Å². The molecule has 0 radical (unpaired) electrons. The van der Waals surface area contributed by atoms with Crippen LogP contribution in [0.5, 0.6) is 0 Å². The van der Waals surface area contributed by atoms with Gasteiger partial charge in [-0.25, -0.2) is 9.78 Å². The molecule has 6 nitrogen and oxygen atoms in total. The van der Waals surface area contributed by atoms with E-state index in [1.165, 1.54) is 12.3 Å². The van der Waals surface area contributed by atoms with Gasteiger partial charge >= 0.3 is 5.97 Å². The first-order valence-corrected chi connectivity index (χ1v) is 6.11. The molecule has 1 saturated heterocycles. The second-order valence-corrected chi connectivity index (χ2v) is 4.98. The summed E-state index contributed by atoms with van der Waals surface area (Å²) >= 11 is 3.20. The van der Waals surface area contributed by atoms with E-state index in [0.717, 1.165) is 9.37 Å². The lowest BCUT2D eigenvalue weighted by Crippen LogP contribution is -2.40. The van der Waals surface area contributed by atoms with Gasteiger partial charge in [0.1, 0.15) is 11.7 Å². The molecule has 1 aromatic rings. The van der Waals surface area contributed by atoms with Gasteiger partial charge in [-0.3, -0.25) is 4.79 Å². The zero-order valence-corrected chi connectivity index (χ0v) is 10.9. The second kappa shape index (κ2) is 5.03. The summed E-state index contributed by atoms with van der Waals surface area (Å²) < 4.78 is 0.732. The van der Waals surface area contributed by atoms with E-state index in [1.54, 1.807) is 6.07 Å². The quantitative estimate of drug-likeness (QED) is 0.829. The average Bonchev–Trinajstić information content (AvgIpc) is 2.71. The lowest BCUT2D eigenvalue weighted by atomic mass is 10.2. The number of aliphatic carboxylic acids is 1. The number of hydrogen-bond donors (Lipinski definition) is 2. The zero-order chi connectivity index (χ0) is 13.3. The topological polar surface area (TPSA) is 90.7 Å². The van der Waals surface area contributed by atoms with Crippen LogP contribution in [0, 0.1) is 0 Å². The van der Waals surface area contributed by atoms with Gasteiger partial charge in [0.05, 0.1) is 6.10 Å². The number of aliphatic hydroxyl groups excluding tert-OH is 1. The molecule has 18 heavy (non-hydrogen) atoms. The summed E-state index contributed by atoms with van der Waals surface area (Å²) in [5.41, 5.74) is 0.165. The minimum atomic E-state index is -1.11. The molecule has 2 heterocycles. The van der Waals surface area contributed by atoms with Crippen LogP contribution in [0.1, 0.15) is 16.9 Å². The molecular formula is C11H11BrN2O4. The van der Waals surface area contributed by atoms with Crippen molar-refractivity contribution in [3.8, 4) is 0 Å². The molecule has 96 valence electrons. The standard InChI is InChI=1S/C11H11BrN2O4/c12-6-1-2-8(13-4-6)10(16)14-5-7(15)3-9(14)11(17)18/h1-2,4,7,9,15H,3,5H2,(H,17,18)/t7?,9-/m0/s1. The highest BCUT2D eigenvalue weighted by Crippen LogP contribution is 2.20. The maximum absolute atomic E-state index is 12.1. The molecule has 0 aromatic carbocycles. The van der Waals surface area contributed by atoms with Crippen LogP contribution in [0.25, 0.3) is 0 Å². The van der Waals surface area contributed by atoms with E-state index in [0.29, 0.717) is 0 Å². The summed E-state index contributed by atoms with van der Waals surface area (Å²) in [6, 6.07) is 2.18. The molecule has 0 bridgehead atoms. The molecule has 2 rings (SSSR count). The van der Waals surface area contributed by atoms with E-state index in [1.807, 2.05) is 0 Å². The van der Waals surface area contributed by atoms with Gasteiger partial charge < -0.3 is 15.1 Å². The van der Waals surface area contributed by atoms with Crippen LogP contribution >= 0.6 is 15.9 Å². The number of amides is 1. The Morgan fingerprint density at radius 3 is 2.72 bits per heavy atom. The van der Waals surface area contributed by atoms with Crippen LogP contribution < -0.4 is 0 Å². The molecule has 7 heteroatoms. The minimum Gasteiger partial charge on any atom is -0.480 e. The molecule has 1 aliphatic rings. The van der Waals surface area contributed by atoms with E-state index in [4.69, 9.17) is 5.11 Å². The third kappa shape index (κ3) is 2.51. The number of likely N-dealkylation sites (tertiary alicyclic amines) is 1. The number of nitrogens with zero attached hydrogens (tertiary/aromatic N) is 2. The van der Waals surface area contributed by atoms with Crippen molar-refractivity contribution in [3.63, 3.8) is 0 Å². The molecule has 2 N–H and O–H groups in total. The number of carbonyl (C=O) groups excluding carboxylic acids is 1. The fourth-order valence-electron chi connectivity index (χ4n) is 1.92. The Morgan fingerprint density at radius 1 is 1.44 bits per heavy atom. The number of β-amino-alcohol motifs (C(OH)–C–C–N with tert-alkyl or cyclic N) is 1. The third-order valence-corrected chi connectivity index (χ3v) is 3.24. The molecule has 0 spiro atoms. The van der Waals surface area contributed by atoms with Crippen LogP contribution in [0.3, 0.4) is 0 Å². The predicted molar refractivity (Wildman–Crippen MR) is 65.0 cm³/mol. The van der Waals surface area contributed by atoms with Gasteiger partial charge in [0.2, 0.25) is 0 Å². The Labute approximate surface area is 111 Å². The van der Waals surface area contributed by atoms with Crippen LogP contribution in [0.2, 0.25) is 0 Å². The summed E-state index contributed by atoms with van der Waals surface area (Å²) in [5.74, 6) is -1.59. The van der Waals surface area contributed by atoms with Crippen molar-refractivity contribution in [3.05, 3.63) is 28.5 Å². The fraction of sp³-hybridized carbons (Fsp3) is 0.364. The number of carbonyl (C=O) groups is 2. The summed E-state index contributed by atoms with van der Waals surface area (Å²) in [7, 11) is 0. The van der Waals surface area contributed by atoms with E-state index >= 15 is 0 Å². The number of carboxylic acids is 1. The SMILES string of the molecule is O=C(O)[C@@H]1CC(O)CN1C(=O)c1ccc(Br)cn1. The first-order valence-electron chi connectivity index (χ1n) is 5.32. The number of pyridine rings is 1. The van der Waals surface area contributed by atoms with Gasteiger partial charge in [-0.15, -0.1) is 0 Å². The van der Waals surface area contributed by atoms with Crippen LogP contribution in [-0.2, 0) is 4.79 Å². The number of aliphatic hydroxyl groups is 1. The predicted octanol–water partition coefficient (Wildman–Crippen LogP) is 0.504. The summed E-state index contributed by atoms with van der Waals surface area (Å²) in [6.45, 7) is 0.0214.